The summed E-state index contributed by atoms with van der Waals surface area (Å²) in [5, 5.41) is 0. The van der Waals surface area contributed by atoms with E-state index in [-0.39, 0.29) is 0 Å². The third kappa shape index (κ3) is 4.15. The van der Waals surface area contributed by atoms with Crippen LogP contribution in [-0.2, 0) is 4.74 Å². The van der Waals surface area contributed by atoms with E-state index in [0.29, 0.717) is 5.92 Å². The predicted octanol–water partition coefficient (Wildman–Crippen LogP) is 2.69. The van der Waals surface area contributed by atoms with Gasteiger partial charge in [-0.25, -0.2) is 4.79 Å². The Bertz CT molecular complexity index is 166. The van der Waals surface area contributed by atoms with Crippen LogP contribution < -0.4 is 5.73 Å². The molecular weight excluding hydrogens is 166 g/mol. The van der Waals surface area contributed by atoms with Gasteiger partial charge in [-0.05, 0) is 32.6 Å². The van der Waals surface area contributed by atoms with Crippen molar-refractivity contribution < 1.29 is 9.53 Å². The van der Waals surface area contributed by atoms with Gasteiger partial charge in [0.25, 0.3) is 0 Å². The number of carbonyl (C=O) groups is 1. The first kappa shape index (κ1) is 12.3. The lowest BCUT2D eigenvalue weighted by Crippen LogP contribution is -2.38. The third-order valence-electron chi connectivity index (χ3n) is 2.48. The van der Waals surface area contributed by atoms with Crippen LogP contribution in [0, 0.1) is 5.92 Å². The molecule has 0 rings (SSSR count). The SMILES string of the molecule is CCCC(CC)C(C)(C)OC(N)=O. The second-order valence-corrected chi connectivity index (χ2v) is 3.92. The molecule has 13 heavy (non-hydrogen) atoms. The third-order valence-corrected chi connectivity index (χ3v) is 2.48. The molecule has 0 saturated heterocycles. The van der Waals surface area contributed by atoms with Gasteiger partial charge in [-0.15, -0.1) is 0 Å². The van der Waals surface area contributed by atoms with Gasteiger partial charge in [0.05, 0.1) is 0 Å². The van der Waals surface area contributed by atoms with Crippen LogP contribution in [0.4, 0.5) is 4.79 Å². The lowest BCUT2D eigenvalue weighted by molar-refractivity contribution is -0.00594. The van der Waals surface area contributed by atoms with E-state index in [2.05, 4.69) is 13.8 Å². The molecule has 0 aliphatic rings. The van der Waals surface area contributed by atoms with Crippen LogP contribution in [-0.4, -0.2) is 11.7 Å². The molecule has 1 amide bonds. The topological polar surface area (TPSA) is 52.3 Å². The lowest BCUT2D eigenvalue weighted by Gasteiger charge is -2.32. The van der Waals surface area contributed by atoms with E-state index < -0.39 is 11.7 Å². The highest BCUT2D eigenvalue weighted by atomic mass is 16.6. The highest BCUT2D eigenvalue weighted by Gasteiger charge is 2.30. The molecule has 2 N–H and O–H groups in total. The molecule has 0 aliphatic carbocycles. The minimum absolute atomic E-state index is 0.394. The van der Waals surface area contributed by atoms with E-state index in [1.165, 1.54) is 0 Å². The van der Waals surface area contributed by atoms with E-state index in [9.17, 15) is 4.79 Å². The van der Waals surface area contributed by atoms with Crippen molar-refractivity contribution in [1.29, 1.82) is 0 Å². The van der Waals surface area contributed by atoms with Crippen molar-refractivity contribution in [2.45, 2.75) is 52.6 Å². The molecule has 1 atom stereocenters. The van der Waals surface area contributed by atoms with E-state index >= 15 is 0 Å². The van der Waals surface area contributed by atoms with Crippen LogP contribution in [0.15, 0.2) is 0 Å². The minimum Gasteiger partial charge on any atom is -0.443 e. The molecule has 0 aromatic heterocycles. The maximum Gasteiger partial charge on any atom is 0.405 e. The molecule has 0 aliphatic heterocycles. The van der Waals surface area contributed by atoms with Crippen molar-refractivity contribution in [3.63, 3.8) is 0 Å². The Morgan fingerprint density at radius 3 is 2.31 bits per heavy atom. The Morgan fingerprint density at radius 1 is 1.46 bits per heavy atom. The van der Waals surface area contributed by atoms with Gasteiger partial charge in [-0.1, -0.05) is 20.3 Å². The lowest BCUT2D eigenvalue weighted by atomic mass is 9.85. The Morgan fingerprint density at radius 2 is 2.00 bits per heavy atom. The van der Waals surface area contributed by atoms with Crippen LogP contribution in [0.3, 0.4) is 0 Å². The molecule has 3 heteroatoms. The molecule has 3 nitrogen and oxygen atoms in total. The number of nitrogens with two attached hydrogens (primary N) is 1. The maximum absolute atomic E-state index is 10.6. The maximum atomic E-state index is 10.6. The fourth-order valence-corrected chi connectivity index (χ4v) is 1.73. The van der Waals surface area contributed by atoms with Crippen LogP contribution in [0.25, 0.3) is 0 Å². The molecule has 0 spiro atoms. The number of amides is 1. The zero-order valence-electron chi connectivity index (χ0n) is 9.09. The summed E-state index contributed by atoms with van der Waals surface area (Å²) in [6.07, 6.45) is 2.49. The second-order valence-electron chi connectivity index (χ2n) is 3.92. The molecule has 0 bridgehead atoms. The molecule has 0 saturated carbocycles. The van der Waals surface area contributed by atoms with E-state index in [4.69, 9.17) is 10.5 Å². The summed E-state index contributed by atoms with van der Waals surface area (Å²) in [5.41, 5.74) is 4.57. The summed E-state index contributed by atoms with van der Waals surface area (Å²) in [5.74, 6) is 0.394. The van der Waals surface area contributed by atoms with Gasteiger partial charge in [0.1, 0.15) is 5.60 Å². The smallest absolute Gasteiger partial charge is 0.405 e. The summed E-state index contributed by atoms with van der Waals surface area (Å²) in [4.78, 5) is 10.6. The summed E-state index contributed by atoms with van der Waals surface area (Å²) < 4.78 is 5.08. The molecule has 0 fully saturated rings. The monoisotopic (exact) mass is 187 g/mol. The van der Waals surface area contributed by atoms with Crippen molar-refractivity contribution in [2.24, 2.45) is 11.7 Å². The van der Waals surface area contributed by atoms with Gasteiger partial charge < -0.3 is 10.5 Å². The number of hydrogen-bond acceptors (Lipinski definition) is 2. The Labute approximate surface area is 80.6 Å². The summed E-state index contributed by atoms with van der Waals surface area (Å²) in [6.45, 7) is 8.07. The first-order valence-corrected chi connectivity index (χ1v) is 4.92. The van der Waals surface area contributed by atoms with E-state index in [1.54, 1.807) is 0 Å². The average Bonchev–Trinajstić information content (AvgIpc) is 1.97. The summed E-state index contributed by atoms with van der Waals surface area (Å²) >= 11 is 0. The van der Waals surface area contributed by atoms with Crippen LogP contribution >= 0.6 is 0 Å². The van der Waals surface area contributed by atoms with Crippen LogP contribution in [0.5, 0.6) is 0 Å². The number of hydrogen-bond donors (Lipinski definition) is 1. The second kappa shape index (κ2) is 5.10. The largest absolute Gasteiger partial charge is 0.443 e. The summed E-state index contributed by atoms with van der Waals surface area (Å²) in [7, 11) is 0. The van der Waals surface area contributed by atoms with E-state index in [0.717, 1.165) is 19.3 Å². The van der Waals surface area contributed by atoms with Crippen molar-refractivity contribution in [1.82, 2.24) is 0 Å². The van der Waals surface area contributed by atoms with Gasteiger partial charge >= 0.3 is 6.09 Å². The highest BCUT2D eigenvalue weighted by Crippen LogP contribution is 2.28. The molecule has 1 unspecified atom stereocenters. The number of primary amides is 1. The molecule has 0 radical (unpaired) electrons. The van der Waals surface area contributed by atoms with Crippen molar-refractivity contribution >= 4 is 6.09 Å². The Hall–Kier alpha value is -0.730. The van der Waals surface area contributed by atoms with Gasteiger partial charge in [0, 0.05) is 0 Å². The fourth-order valence-electron chi connectivity index (χ4n) is 1.73. The highest BCUT2D eigenvalue weighted by molar-refractivity contribution is 5.65. The number of ether oxygens (including phenoxy) is 1. The minimum atomic E-state index is -0.681. The zero-order valence-corrected chi connectivity index (χ0v) is 9.09. The Balaban J connectivity index is 4.27. The first-order chi connectivity index (χ1) is 5.94. The first-order valence-electron chi connectivity index (χ1n) is 4.92. The molecular formula is C10H21NO2. The van der Waals surface area contributed by atoms with Crippen molar-refractivity contribution in [3.05, 3.63) is 0 Å². The van der Waals surface area contributed by atoms with Crippen molar-refractivity contribution in [2.75, 3.05) is 0 Å². The van der Waals surface area contributed by atoms with E-state index in [1.807, 2.05) is 13.8 Å². The Kier molecular flexibility index (Phi) is 4.81. The number of rotatable bonds is 5. The quantitative estimate of drug-likeness (QED) is 0.719. The van der Waals surface area contributed by atoms with Crippen molar-refractivity contribution in [3.8, 4) is 0 Å². The molecule has 0 aromatic carbocycles. The van der Waals surface area contributed by atoms with Gasteiger partial charge in [-0.2, -0.15) is 0 Å². The van der Waals surface area contributed by atoms with Gasteiger partial charge in [0.2, 0.25) is 0 Å². The summed E-state index contributed by atoms with van der Waals surface area (Å²) in [6, 6.07) is 0. The standard InChI is InChI=1S/C10H21NO2/c1-5-7-8(6-2)10(3,4)13-9(11)12/h8H,5-7H2,1-4H3,(H2,11,12). The van der Waals surface area contributed by atoms with Gasteiger partial charge in [0.15, 0.2) is 0 Å². The molecule has 0 heterocycles. The number of carbonyl (C=O) groups excluding carboxylic acids is 1. The van der Waals surface area contributed by atoms with Gasteiger partial charge in [-0.3, -0.25) is 0 Å². The van der Waals surface area contributed by atoms with Crippen LogP contribution in [0.2, 0.25) is 0 Å². The predicted molar refractivity (Wildman–Crippen MR) is 53.4 cm³/mol. The van der Waals surface area contributed by atoms with Crippen LogP contribution in [0.1, 0.15) is 47.0 Å². The average molecular weight is 187 g/mol. The fraction of sp³-hybridized carbons (Fsp3) is 0.900. The normalized spacial score (nSPS) is 13.8. The molecule has 78 valence electrons. The molecule has 0 aromatic rings. The zero-order chi connectivity index (χ0) is 10.5.